The maximum atomic E-state index is 11.9. The number of nitrogens with one attached hydrogen (secondary N) is 3. The first kappa shape index (κ1) is 17.2. The average Bonchev–Trinajstić information content (AvgIpc) is 3.07. The van der Waals surface area contributed by atoms with Crippen molar-refractivity contribution in [3.63, 3.8) is 0 Å². The molecule has 0 saturated heterocycles. The van der Waals surface area contributed by atoms with Gasteiger partial charge in [-0.2, -0.15) is 0 Å². The molecule has 0 aliphatic carbocycles. The molecule has 0 saturated carbocycles. The van der Waals surface area contributed by atoms with Crippen molar-refractivity contribution in [3.8, 4) is 0 Å². The molecule has 1 heterocycles. The van der Waals surface area contributed by atoms with Crippen molar-refractivity contribution >= 4 is 34.7 Å². The second kappa shape index (κ2) is 7.93. The Morgan fingerprint density at radius 3 is 2.38 bits per heavy atom. The van der Waals surface area contributed by atoms with Crippen LogP contribution in [0.1, 0.15) is 27.0 Å². The molecule has 1 aromatic carbocycles. The molecule has 0 atom stereocenters. The van der Waals surface area contributed by atoms with Gasteiger partial charge in [-0.1, -0.05) is 6.07 Å². The third-order valence-corrected chi connectivity index (χ3v) is 3.77. The van der Waals surface area contributed by atoms with Crippen LogP contribution in [0.25, 0.3) is 0 Å². The maximum absolute atomic E-state index is 11.9. The minimum atomic E-state index is -0.533. The number of hydrogen-bond acceptors (Lipinski definition) is 5. The Kier molecular flexibility index (Phi) is 5.69. The third kappa shape index (κ3) is 4.96. The zero-order valence-electron chi connectivity index (χ0n) is 12.8. The molecule has 3 amide bonds. The molecular weight excluding hydrogens is 328 g/mol. The van der Waals surface area contributed by atoms with Crippen LogP contribution >= 0.6 is 11.3 Å². The van der Waals surface area contributed by atoms with E-state index in [1.807, 2.05) is 0 Å². The Labute approximate surface area is 142 Å². The Bertz CT molecular complexity index is 767. The zero-order valence-corrected chi connectivity index (χ0v) is 13.6. The van der Waals surface area contributed by atoms with E-state index in [4.69, 9.17) is 5.73 Å². The molecule has 0 fully saturated rings. The van der Waals surface area contributed by atoms with Gasteiger partial charge in [0.25, 0.3) is 5.91 Å². The van der Waals surface area contributed by atoms with E-state index in [1.54, 1.807) is 36.6 Å². The number of amides is 3. The van der Waals surface area contributed by atoms with E-state index in [-0.39, 0.29) is 11.8 Å². The third-order valence-electron chi connectivity index (χ3n) is 2.90. The lowest BCUT2D eigenvalue weighted by molar-refractivity contribution is -0.112. The smallest absolute Gasteiger partial charge is 0.279 e. The Morgan fingerprint density at radius 2 is 1.79 bits per heavy atom. The summed E-state index contributed by atoms with van der Waals surface area (Å²) in [6.07, 6.45) is 1.30. The monoisotopic (exact) mass is 344 g/mol. The quantitative estimate of drug-likeness (QED) is 0.471. The van der Waals surface area contributed by atoms with E-state index in [9.17, 15) is 14.4 Å². The highest BCUT2D eigenvalue weighted by molar-refractivity contribution is 7.12. The van der Waals surface area contributed by atoms with Crippen LogP contribution in [-0.4, -0.2) is 17.7 Å². The lowest BCUT2D eigenvalue weighted by atomic mass is 10.2. The first-order valence-electron chi connectivity index (χ1n) is 6.94. The number of carbonyl (C=O) groups excluding carboxylic acids is 3. The molecule has 0 bridgehead atoms. The van der Waals surface area contributed by atoms with E-state index in [0.29, 0.717) is 21.8 Å². The predicted octanol–water partition coefficient (Wildman–Crippen LogP) is 1.62. The largest absolute Gasteiger partial charge is 0.366 e. The number of thiophene rings is 1. The molecule has 0 spiro atoms. The molecule has 0 aliphatic heterocycles. The summed E-state index contributed by atoms with van der Waals surface area (Å²) < 4.78 is 0. The summed E-state index contributed by atoms with van der Waals surface area (Å²) >= 11 is 1.32. The van der Waals surface area contributed by atoms with Crippen molar-refractivity contribution in [2.24, 2.45) is 5.73 Å². The van der Waals surface area contributed by atoms with Gasteiger partial charge in [-0.15, -0.1) is 11.3 Å². The van der Waals surface area contributed by atoms with E-state index in [1.165, 1.54) is 29.5 Å². The number of allylic oxidation sites excluding steroid dienone is 1. The topological polar surface area (TPSA) is 113 Å². The lowest BCUT2D eigenvalue weighted by Gasteiger charge is -2.08. The summed E-state index contributed by atoms with van der Waals surface area (Å²) in [5, 5.41) is 4.44. The molecule has 2 aromatic rings. The molecule has 24 heavy (non-hydrogen) atoms. The second-order valence-electron chi connectivity index (χ2n) is 4.81. The van der Waals surface area contributed by atoms with Crippen molar-refractivity contribution in [1.82, 2.24) is 10.9 Å². The first-order valence-corrected chi connectivity index (χ1v) is 7.82. The summed E-state index contributed by atoms with van der Waals surface area (Å²) in [5.74, 6) is -1.19. The van der Waals surface area contributed by atoms with Crippen molar-refractivity contribution < 1.29 is 14.4 Å². The SMILES string of the molecule is CC(=CC(=O)Nc1ccc(C(N)=O)cc1)NNC(=O)c1cccs1. The number of hydrazine groups is 1. The fourth-order valence-electron chi connectivity index (χ4n) is 1.75. The van der Waals surface area contributed by atoms with Gasteiger partial charge in [-0.25, -0.2) is 0 Å². The van der Waals surface area contributed by atoms with E-state index in [2.05, 4.69) is 16.2 Å². The predicted molar refractivity (Wildman–Crippen MR) is 92.3 cm³/mol. The number of anilines is 1. The van der Waals surface area contributed by atoms with Crippen LogP contribution in [0.5, 0.6) is 0 Å². The van der Waals surface area contributed by atoms with Crippen LogP contribution in [0.15, 0.2) is 53.6 Å². The number of hydrogen-bond donors (Lipinski definition) is 4. The molecule has 0 radical (unpaired) electrons. The Balaban J connectivity index is 1.86. The van der Waals surface area contributed by atoms with E-state index >= 15 is 0 Å². The van der Waals surface area contributed by atoms with Gasteiger partial charge in [-0.3, -0.25) is 19.8 Å². The zero-order chi connectivity index (χ0) is 17.5. The highest BCUT2D eigenvalue weighted by Crippen LogP contribution is 2.09. The molecule has 7 nitrogen and oxygen atoms in total. The minimum Gasteiger partial charge on any atom is -0.366 e. The van der Waals surface area contributed by atoms with Crippen LogP contribution in [0.3, 0.4) is 0 Å². The number of benzene rings is 1. The number of nitrogens with two attached hydrogens (primary N) is 1. The maximum Gasteiger partial charge on any atom is 0.279 e. The fourth-order valence-corrected chi connectivity index (χ4v) is 2.37. The first-order chi connectivity index (χ1) is 11.5. The summed E-state index contributed by atoms with van der Waals surface area (Å²) in [4.78, 5) is 35.2. The number of rotatable bonds is 6. The normalized spacial score (nSPS) is 10.8. The molecule has 5 N–H and O–H groups in total. The van der Waals surface area contributed by atoms with Crippen molar-refractivity contribution in [2.45, 2.75) is 6.92 Å². The Hall–Kier alpha value is -3.13. The standard InChI is InChI=1S/C16H16N4O3S/c1-10(19-20-16(23)13-3-2-8-24-13)9-14(21)18-12-6-4-11(5-7-12)15(17)22/h2-9,19H,1H3,(H2,17,22)(H,18,21)(H,20,23). The highest BCUT2D eigenvalue weighted by atomic mass is 32.1. The van der Waals surface area contributed by atoms with Gasteiger partial charge in [0.1, 0.15) is 0 Å². The second-order valence-corrected chi connectivity index (χ2v) is 5.76. The van der Waals surface area contributed by atoms with Crippen LogP contribution < -0.4 is 21.9 Å². The highest BCUT2D eigenvalue weighted by Gasteiger charge is 2.06. The van der Waals surface area contributed by atoms with Crippen LogP contribution in [0, 0.1) is 0 Å². The number of primary amides is 1. The van der Waals surface area contributed by atoms with Crippen LogP contribution in [0.2, 0.25) is 0 Å². The van der Waals surface area contributed by atoms with Crippen LogP contribution in [0.4, 0.5) is 5.69 Å². The molecule has 8 heteroatoms. The lowest BCUT2D eigenvalue weighted by Crippen LogP contribution is -2.36. The Morgan fingerprint density at radius 1 is 1.08 bits per heavy atom. The van der Waals surface area contributed by atoms with Gasteiger partial charge in [0.05, 0.1) is 4.88 Å². The van der Waals surface area contributed by atoms with Gasteiger partial charge in [0, 0.05) is 23.0 Å². The van der Waals surface area contributed by atoms with Crippen molar-refractivity contribution in [3.05, 3.63) is 64.0 Å². The van der Waals surface area contributed by atoms with E-state index < -0.39 is 5.91 Å². The van der Waals surface area contributed by atoms with E-state index in [0.717, 1.165) is 0 Å². The summed E-state index contributed by atoms with van der Waals surface area (Å²) in [7, 11) is 0. The van der Waals surface area contributed by atoms with Gasteiger partial charge < -0.3 is 16.5 Å². The molecule has 1 aromatic heterocycles. The van der Waals surface area contributed by atoms with Gasteiger partial charge in [-0.05, 0) is 42.6 Å². The van der Waals surface area contributed by atoms with Crippen molar-refractivity contribution in [1.29, 1.82) is 0 Å². The minimum absolute atomic E-state index is 0.278. The molecular formula is C16H16N4O3S. The molecule has 124 valence electrons. The molecule has 2 rings (SSSR count). The van der Waals surface area contributed by atoms with Gasteiger partial charge in [0.15, 0.2) is 0 Å². The summed E-state index contributed by atoms with van der Waals surface area (Å²) in [6.45, 7) is 1.64. The molecule has 0 aliphatic rings. The summed E-state index contributed by atoms with van der Waals surface area (Å²) in [6, 6.07) is 9.67. The van der Waals surface area contributed by atoms with Crippen molar-refractivity contribution in [2.75, 3.05) is 5.32 Å². The molecule has 0 unspecified atom stereocenters. The summed E-state index contributed by atoms with van der Waals surface area (Å²) in [5.41, 5.74) is 11.6. The van der Waals surface area contributed by atoms with Gasteiger partial charge in [0.2, 0.25) is 11.8 Å². The average molecular weight is 344 g/mol. The van der Waals surface area contributed by atoms with Gasteiger partial charge >= 0.3 is 0 Å². The van der Waals surface area contributed by atoms with Crippen LogP contribution in [-0.2, 0) is 4.79 Å². The number of carbonyl (C=O) groups is 3. The fraction of sp³-hybridized carbons (Fsp3) is 0.0625.